The molecule has 1 rings (SSSR count). The van der Waals surface area contributed by atoms with Crippen LogP contribution in [-0.4, -0.2) is 19.4 Å². The van der Waals surface area contributed by atoms with Crippen LogP contribution >= 0.6 is 0 Å². The first-order valence-electron chi connectivity index (χ1n) is 6.20. The van der Waals surface area contributed by atoms with Crippen molar-refractivity contribution in [3.63, 3.8) is 0 Å². The van der Waals surface area contributed by atoms with Gasteiger partial charge in [0.05, 0.1) is 0 Å². The van der Waals surface area contributed by atoms with Gasteiger partial charge in [-0.1, -0.05) is 17.7 Å². The fraction of sp³-hybridized carbons (Fsp3) is 0.533. The molecule has 0 aliphatic carbocycles. The number of ketones is 1. The highest BCUT2D eigenvalue weighted by atomic mass is 16.1. The molecular weight excluding hydrogens is 210 g/mol. The molecule has 0 N–H and O–H groups in total. The maximum Gasteiger partial charge on any atom is 0.129 e. The summed E-state index contributed by atoms with van der Waals surface area (Å²) in [4.78, 5) is 13.2. The van der Waals surface area contributed by atoms with Crippen LogP contribution in [0.15, 0.2) is 12.1 Å². The second-order valence-corrected chi connectivity index (χ2v) is 4.97. The van der Waals surface area contributed by atoms with E-state index in [1.54, 1.807) is 6.92 Å². The fourth-order valence-electron chi connectivity index (χ4n) is 2.45. The SMILES string of the molecule is CC(=O)CCCN(C)c1c(C)cc(C)cc1C. The molecular formula is C15H23NO. The quantitative estimate of drug-likeness (QED) is 0.776. The van der Waals surface area contributed by atoms with Gasteiger partial charge in [-0.05, 0) is 45.2 Å². The predicted octanol–water partition coefficient (Wildman–Crippen LogP) is 3.42. The van der Waals surface area contributed by atoms with Crippen molar-refractivity contribution in [3.8, 4) is 0 Å². The minimum atomic E-state index is 0.274. The fourth-order valence-corrected chi connectivity index (χ4v) is 2.45. The first-order valence-corrected chi connectivity index (χ1v) is 6.20. The van der Waals surface area contributed by atoms with Crippen LogP contribution in [0.3, 0.4) is 0 Å². The highest BCUT2D eigenvalue weighted by Crippen LogP contribution is 2.25. The molecule has 0 unspecified atom stereocenters. The molecule has 1 aromatic carbocycles. The summed E-state index contributed by atoms with van der Waals surface area (Å²) in [5, 5.41) is 0. The molecule has 0 saturated heterocycles. The lowest BCUT2D eigenvalue weighted by Gasteiger charge is -2.24. The second-order valence-electron chi connectivity index (χ2n) is 4.97. The number of Topliss-reactive ketones (excluding diaryl/α,β-unsaturated/α-hetero) is 1. The third kappa shape index (κ3) is 3.88. The van der Waals surface area contributed by atoms with Crippen LogP contribution < -0.4 is 4.90 Å². The maximum absolute atomic E-state index is 10.9. The molecule has 0 fully saturated rings. The van der Waals surface area contributed by atoms with E-state index in [4.69, 9.17) is 0 Å². The van der Waals surface area contributed by atoms with Gasteiger partial charge in [-0.25, -0.2) is 0 Å². The van der Waals surface area contributed by atoms with Crippen LogP contribution in [-0.2, 0) is 4.79 Å². The molecule has 0 amide bonds. The normalized spacial score (nSPS) is 10.4. The lowest BCUT2D eigenvalue weighted by molar-refractivity contribution is -0.117. The third-order valence-corrected chi connectivity index (χ3v) is 3.04. The van der Waals surface area contributed by atoms with E-state index in [1.165, 1.54) is 22.4 Å². The van der Waals surface area contributed by atoms with Gasteiger partial charge in [0.1, 0.15) is 5.78 Å². The molecule has 0 atom stereocenters. The number of hydrogen-bond acceptors (Lipinski definition) is 2. The Labute approximate surface area is 105 Å². The lowest BCUT2D eigenvalue weighted by atomic mass is 10.0. The zero-order valence-corrected chi connectivity index (χ0v) is 11.6. The Hall–Kier alpha value is -1.31. The molecule has 17 heavy (non-hydrogen) atoms. The lowest BCUT2D eigenvalue weighted by Crippen LogP contribution is -2.21. The van der Waals surface area contributed by atoms with E-state index in [2.05, 4.69) is 44.9 Å². The smallest absolute Gasteiger partial charge is 0.129 e. The standard InChI is InChI=1S/C15H23NO/c1-11-9-12(2)15(13(3)10-11)16(5)8-6-7-14(4)17/h9-10H,6-8H2,1-5H3. The Kier molecular flexibility index (Phi) is 4.73. The number of benzene rings is 1. The van der Waals surface area contributed by atoms with Crippen LogP contribution in [0.4, 0.5) is 5.69 Å². The summed E-state index contributed by atoms with van der Waals surface area (Å²) in [6, 6.07) is 4.42. The molecule has 0 heterocycles. The minimum absolute atomic E-state index is 0.274. The van der Waals surface area contributed by atoms with Gasteiger partial charge in [0, 0.05) is 25.7 Å². The molecule has 2 heteroatoms. The van der Waals surface area contributed by atoms with Crippen LogP contribution in [0.1, 0.15) is 36.5 Å². The summed E-state index contributed by atoms with van der Waals surface area (Å²) >= 11 is 0. The second kappa shape index (κ2) is 5.85. The van der Waals surface area contributed by atoms with Crippen molar-refractivity contribution in [1.82, 2.24) is 0 Å². The Balaban J connectivity index is 2.75. The number of nitrogens with zero attached hydrogens (tertiary/aromatic N) is 1. The maximum atomic E-state index is 10.9. The van der Waals surface area contributed by atoms with E-state index in [-0.39, 0.29) is 5.78 Å². The van der Waals surface area contributed by atoms with Crippen molar-refractivity contribution in [2.24, 2.45) is 0 Å². The Morgan fingerprint density at radius 3 is 2.18 bits per heavy atom. The average molecular weight is 233 g/mol. The van der Waals surface area contributed by atoms with E-state index >= 15 is 0 Å². The summed E-state index contributed by atoms with van der Waals surface area (Å²) in [6.45, 7) is 9.01. The van der Waals surface area contributed by atoms with Gasteiger partial charge in [-0.15, -0.1) is 0 Å². The topological polar surface area (TPSA) is 20.3 Å². The number of rotatable bonds is 5. The van der Waals surface area contributed by atoms with E-state index in [0.717, 1.165) is 13.0 Å². The van der Waals surface area contributed by atoms with Crippen LogP contribution in [0.2, 0.25) is 0 Å². The van der Waals surface area contributed by atoms with Gasteiger partial charge in [-0.2, -0.15) is 0 Å². The van der Waals surface area contributed by atoms with Crippen molar-refractivity contribution in [3.05, 3.63) is 28.8 Å². The van der Waals surface area contributed by atoms with Gasteiger partial charge in [0.2, 0.25) is 0 Å². The molecule has 2 nitrogen and oxygen atoms in total. The largest absolute Gasteiger partial charge is 0.374 e. The molecule has 0 aliphatic rings. The molecule has 0 radical (unpaired) electrons. The molecule has 0 aliphatic heterocycles. The number of anilines is 1. The third-order valence-electron chi connectivity index (χ3n) is 3.04. The Morgan fingerprint density at radius 1 is 1.18 bits per heavy atom. The van der Waals surface area contributed by atoms with Crippen molar-refractivity contribution in [2.75, 3.05) is 18.5 Å². The number of carbonyl (C=O) groups excluding carboxylic acids is 1. The Bertz CT molecular complexity index is 386. The summed E-state index contributed by atoms with van der Waals surface area (Å²) in [5.74, 6) is 0.274. The predicted molar refractivity (Wildman–Crippen MR) is 73.8 cm³/mol. The number of carbonyl (C=O) groups is 1. The molecule has 0 spiro atoms. The van der Waals surface area contributed by atoms with Crippen molar-refractivity contribution in [1.29, 1.82) is 0 Å². The molecule has 0 saturated carbocycles. The molecule has 0 bridgehead atoms. The van der Waals surface area contributed by atoms with Gasteiger partial charge in [0.25, 0.3) is 0 Å². The first-order chi connectivity index (χ1) is 7.91. The van der Waals surface area contributed by atoms with Crippen molar-refractivity contribution >= 4 is 11.5 Å². The summed E-state index contributed by atoms with van der Waals surface area (Å²) in [6.07, 6.45) is 1.60. The summed E-state index contributed by atoms with van der Waals surface area (Å²) in [5.41, 5.74) is 5.24. The van der Waals surface area contributed by atoms with Gasteiger partial charge in [-0.3, -0.25) is 0 Å². The monoisotopic (exact) mass is 233 g/mol. The van der Waals surface area contributed by atoms with E-state index < -0.39 is 0 Å². The van der Waals surface area contributed by atoms with Crippen LogP contribution in [0, 0.1) is 20.8 Å². The summed E-state index contributed by atoms with van der Waals surface area (Å²) < 4.78 is 0. The average Bonchev–Trinajstić information content (AvgIpc) is 2.14. The van der Waals surface area contributed by atoms with Gasteiger partial charge in [0.15, 0.2) is 0 Å². The van der Waals surface area contributed by atoms with Crippen LogP contribution in [0.25, 0.3) is 0 Å². The minimum Gasteiger partial charge on any atom is -0.374 e. The zero-order valence-electron chi connectivity index (χ0n) is 11.6. The van der Waals surface area contributed by atoms with Gasteiger partial charge >= 0.3 is 0 Å². The number of aryl methyl sites for hydroxylation is 3. The number of hydrogen-bond donors (Lipinski definition) is 0. The highest BCUT2D eigenvalue weighted by molar-refractivity contribution is 5.75. The molecule has 0 aromatic heterocycles. The van der Waals surface area contributed by atoms with E-state index in [0.29, 0.717) is 6.42 Å². The van der Waals surface area contributed by atoms with E-state index in [9.17, 15) is 4.79 Å². The van der Waals surface area contributed by atoms with Crippen LogP contribution in [0.5, 0.6) is 0 Å². The van der Waals surface area contributed by atoms with Gasteiger partial charge < -0.3 is 9.69 Å². The zero-order chi connectivity index (χ0) is 13.0. The van der Waals surface area contributed by atoms with Crippen molar-refractivity contribution < 1.29 is 4.79 Å². The molecule has 94 valence electrons. The van der Waals surface area contributed by atoms with E-state index in [1.807, 2.05) is 0 Å². The van der Waals surface area contributed by atoms with Crippen molar-refractivity contribution in [2.45, 2.75) is 40.5 Å². The first kappa shape index (κ1) is 13.8. The highest BCUT2D eigenvalue weighted by Gasteiger charge is 2.08. The molecule has 1 aromatic rings. The Morgan fingerprint density at radius 2 is 1.71 bits per heavy atom. The summed E-state index contributed by atoms with van der Waals surface area (Å²) in [7, 11) is 2.10.